The van der Waals surface area contributed by atoms with Crippen LogP contribution in [0.25, 0.3) is 22.2 Å². The van der Waals surface area contributed by atoms with Gasteiger partial charge in [-0.15, -0.1) is 0 Å². The van der Waals surface area contributed by atoms with Crippen LogP contribution < -0.4 is 10.1 Å². The van der Waals surface area contributed by atoms with Gasteiger partial charge in [-0.3, -0.25) is 9.78 Å². The molecule has 9 nitrogen and oxygen atoms in total. The van der Waals surface area contributed by atoms with Gasteiger partial charge in [-0.2, -0.15) is 5.10 Å². The number of nitrogens with one attached hydrogen (secondary N) is 1. The molecule has 40 heavy (non-hydrogen) atoms. The highest BCUT2D eigenvalue weighted by atomic mass is 35.5. The Bertz CT molecular complexity index is 1700. The first-order valence-corrected chi connectivity index (χ1v) is 13.2. The molecule has 0 spiro atoms. The molecule has 0 fully saturated rings. The number of fused-ring (bicyclic) bond motifs is 1. The van der Waals surface area contributed by atoms with E-state index in [4.69, 9.17) is 21.4 Å². The molecule has 204 valence electrons. The zero-order chi connectivity index (χ0) is 28.6. The largest absolute Gasteiger partial charge is 0.496 e. The number of hydrogen-bond acceptors (Lipinski definition) is 7. The minimum absolute atomic E-state index is 0.167. The second-order valence-electron chi connectivity index (χ2n) is 9.73. The Kier molecular flexibility index (Phi) is 7.40. The standard InChI is InChI=1S/C30H30ClN7O2/c1-17-23(31)14-22(27(40-6)25(17)20-12-13-24(32-15-20)30(39)37(4)5)19(3)38-29-26(18(2)36-38)28(33-16-34-29)35-21-10-8-7-9-11-21/h7-16,19H,1-6H3,(H,33,34,35). The van der Waals surface area contributed by atoms with E-state index < -0.39 is 0 Å². The van der Waals surface area contributed by atoms with Gasteiger partial charge in [-0.1, -0.05) is 35.9 Å². The minimum Gasteiger partial charge on any atom is -0.496 e. The molecule has 1 amide bonds. The van der Waals surface area contributed by atoms with Crippen molar-refractivity contribution in [2.75, 3.05) is 26.5 Å². The van der Waals surface area contributed by atoms with Gasteiger partial charge in [-0.05, 0) is 50.6 Å². The number of pyridine rings is 1. The third-order valence-corrected chi connectivity index (χ3v) is 7.30. The Hall–Kier alpha value is -4.50. The van der Waals surface area contributed by atoms with Crippen LogP contribution in [0.4, 0.5) is 11.5 Å². The van der Waals surface area contributed by atoms with Crippen molar-refractivity contribution in [2.24, 2.45) is 0 Å². The van der Waals surface area contributed by atoms with Crippen molar-refractivity contribution in [1.82, 2.24) is 29.6 Å². The van der Waals surface area contributed by atoms with Crippen LogP contribution in [0.15, 0.2) is 61.1 Å². The quantitative estimate of drug-likeness (QED) is 0.254. The number of carbonyl (C=O) groups is 1. The first-order chi connectivity index (χ1) is 19.2. The monoisotopic (exact) mass is 555 g/mol. The highest BCUT2D eigenvalue weighted by Crippen LogP contribution is 2.43. The highest BCUT2D eigenvalue weighted by molar-refractivity contribution is 6.32. The maximum absolute atomic E-state index is 12.4. The SMILES string of the molecule is COc1c(C(C)n2nc(C)c3c(Nc4ccccc4)ncnc32)cc(Cl)c(C)c1-c1ccc(C(=O)N(C)C)nc1. The molecule has 0 radical (unpaired) electrons. The summed E-state index contributed by atoms with van der Waals surface area (Å²) in [6, 6.07) is 15.1. The molecule has 0 saturated heterocycles. The third-order valence-electron chi connectivity index (χ3n) is 6.90. The number of benzene rings is 2. The van der Waals surface area contributed by atoms with E-state index in [-0.39, 0.29) is 11.9 Å². The van der Waals surface area contributed by atoms with E-state index in [0.29, 0.717) is 27.9 Å². The van der Waals surface area contributed by atoms with Crippen molar-refractivity contribution in [3.63, 3.8) is 0 Å². The second kappa shape index (κ2) is 10.9. The summed E-state index contributed by atoms with van der Waals surface area (Å²) in [5.41, 5.74) is 6.05. The van der Waals surface area contributed by atoms with Gasteiger partial charge < -0.3 is 15.0 Å². The van der Waals surface area contributed by atoms with E-state index in [9.17, 15) is 4.79 Å². The molecule has 2 aromatic carbocycles. The summed E-state index contributed by atoms with van der Waals surface area (Å²) >= 11 is 6.79. The molecule has 0 bridgehead atoms. The van der Waals surface area contributed by atoms with Gasteiger partial charge in [0.1, 0.15) is 23.6 Å². The number of para-hydroxylation sites is 1. The fourth-order valence-corrected chi connectivity index (χ4v) is 5.03. The summed E-state index contributed by atoms with van der Waals surface area (Å²) in [7, 11) is 5.03. The second-order valence-corrected chi connectivity index (χ2v) is 10.1. The van der Waals surface area contributed by atoms with Crippen LogP contribution in [0.3, 0.4) is 0 Å². The first-order valence-electron chi connectivity index (χ1n) is 12.8. The number of nitrogens with zero attached hydrogens (tertiary/aromatic N) is 6. The van der Waals surface area contributed by atoms with Crippen molar-refractivity contribution < 1.29 is 9.53 Å². The molecule has 5 aromatic rings. The fourth-order valence-electron chi connectivity index (χ4n) is 4.82. The van der Waals surface area contributed by atoms with Gasteiger partial charge in [0.2, 0.25) is 0 Å². The lowest BCUT2D eigenvalue weighted by molar-refractivity contribution is 0.0822. The predicted octanol–water partition coefficient (Wildman–Crippen LogP) is 6.22. The summed E-state index contributed by atoms with van der Waals surface area (Å²) in [5, 5.41) is 9.67. The number of methoxy groups -OCH3 is 1. The minimum atomic E-state index is -0.287. The van der Waals surface area contributed by atoms with E-state index in [1.807, 2.05) is 67.9 Å². The van der Waals surface area contributed by atoms with E-state index in [1.54, 1.807) is 33.5 Å². The summed E-state index contributed by atoms with van der Waals surface area (Å²) < 4.78 is 7.87. The molecular weight excluding hydrogens is 526 g/mol. The Morgan fingerprint density at radius 3 is 2.48 bits per heavy atom. The average molecular weight is 556 g/mol. The molecule has 0 aliphatic heterocycles. The van der Waals surface area contributed by atoms with Gasteiger partial charge >= 0.3 is 0 Å². The predicted molar refractivity (Wildman–Crippen MR) is 158 cm³/mol. The lowest BCUT2D eigenvalue weighted by atomic mass is 9.94. The van der Waals surface area contributed by atoms with Crippen molar-refractivity contribution in [3.05, 3.63) is 88.6 Å². The Morgan fingerprint density at radius 1 is 1.07 bits per heavy atom. The number of carbonyl (C=O) groups excluding carboxylic acids is 1. The maximum Gasteiger partial charge on any atom is 0.271 e. The van der Waals surface area contributed by atoms with Crippen molar-refractivity contribution >= 4 is 40.0 Å². The average Bonchev–Trinajstić information content (AvgIpc) is 3.31. The van der Waals surface area contributed by atoms with E-state index in [0.717, 1.165) is 39.0 Å². The molecule has 10 heteroatoms. The first kappa shape index (κ1) is 27.1. The summed E-state index contributed by atoms with van der Waals surface area (Å²) in [5.74, 6) is 1.17. The van der Waals surface area contributed by atoms with Gasteiger partial charge in [-0.25, -0.2) is 14.6 Å². The number of aromatic nitrogens is 5. The van der Waals surface area contributed by atoms with Crippen molar-refractivity contribution in [2.45, 2.75) is 26.8 Å². The molecule has 0 aliphatic carbocycles. The zero-order valence-corrected chi connectivity index (χ0v) is 24.0. The number of aryl methyl sites for hydroxylation is 1. The molecule has 1 N–H and O–H groups in total. The number of hydrogen-bond donors (Lipinski definition) is 1. The molecule has 0 aliphatic rings. The van der Waals surface area contributed by atoms with Crippen LogP contribution in [-0.2, 0) is 0 Å². The Morgan fingerprint density at radius 2 is 1.82 bits per heavy atom. The molecule has 5 rings (SSSR count). The lowest BCUT2D eigenvalue weighted by Gasteiger charge is -2.22. The molecular formula is C30H30ClN7O2. The number of rotatable bonds is 7. The van der Waals surface area contributed by atoms with Crippen LogP contribution >= 0.6 is 11.6 Å². The smallest absolute Gasteiger partial charge is 0.271 e. The fraction of sp³-hybridized carbons (Fsp3) is 0.233. The molecule has 3 aromatic heterocycles. The van der Waals surface area contributed by atoms with Crippen LogP contribution in [0, 0.1) is 13.8 Å². The number of ether oxygens (including phenoxy) is 1. The third kappa shape index (κ3) is 4.84. The van der Waals surface area contributed by atoms with Crippen LogP contribution in [0.2, 0.25) is 5.02 Å². The molecule has 1 unspecified atom stereocenters. The van der Waals surface area contributed by atoms with Gasteiger partial charge in [0.25, 0.3) is 5.91 Å². The number of amides is 1. The van der Waals surface area contributed by atoms with Gasteiger partial charge in [0, 0.05) is 47.7 Å². The number of halogens is 1. The summed E-state index contributed by atoms with van der Waals surface area (Å²) in [6.07, 6.45) is 3.21. The highest BCUT2D eigenvalue weighted by Gasteiger charge is 2.25. The van der Waals surface area contributed by atoms with Crippen LogP contribution in [-0.4, -0.2) is 56.7 Å². The van der Waals surface area contributed by atoms with Crippen LogP contribution in [0.1, 0.15) is 40.3 Å². The lowest BCUT2D eigenvalue weighted by Crippen LogP contribution is -2.22. The zero-order valence-electron chi connectivity index (χ0n) is 23.2. The van der Waals surface area contributed by atoms with Crippen LogP contribution in [0.5, 0.6) is 5.75 Å². The van der Waals surface area contributed by atoms with Gasteiger partial charge in [0.15, 0.2) is 5.65 Å². The van der Waals surface area contributed by atoms with E-state index >= 15 is 0 Å². The molecule has 1 atom stereocenters. The van der Waals surface area contributed by atoms with Crippen molar-refractivity contribution in [3.8, 4) is 16.9 Å². The topological polar surface area (TPSA) is 98.1 Å². The summed E-state index contributed by atoms with van der Waals surface area (Å²) in [6.45, 7) is 5.91. The van der Waals surface area contributed by atoms with E-state index in [2.05, 4.69) is 20.3 Å². The van der Waals surface area contributed by atoms with Crippen molar-refractivity contribution in [1.29, 1.82) is 0 Å². The van der Waals surface area contributed by atoms with E-state index in [1.165, 1.54) is 11.2 Å². The maximum atomic E-state index is 12.4. The molecule has 0 saturated carbocycles. The summed E-state index contributed by atoms with van der Waals surface area (Å²) in [4.78, 5) is 27.4. The Labute approximate surface area is 237 Å². The Balaban J connectivity index is 1.61. The number of anilines is 2. The van der Waals surface area contributed by atoms with Gasteiger partial charge in [0.05, 0.1) is 24.2 Å². The normalized spacial score (nSPS) is 11.9. The molecule has 3 heterocycles.